The van der Waals surface area contributed by atoms with Gasteiger partial charge in [-0.15, -0.1) is 0 Å². The van der Waals surface area contributed by atoms with Gasteiger partial charge in [0.1, 0.15) is 5.75 Å². The van der Waals surface area contributed by atoms with Crippen LogP contribution in [0, 0.1) is 5.82 Å². The molecule has 0 aliphatic carbocycles. The Morgan fingerprint density at radius 3 is 1.91 bits per heavy atom. The molecule has 2 atom stereocenters. The van der Waals surface area contributed by atoms with Gasteiger partial charge in [0.15, 0.2) is 5.82 Å². The molecule has 0 unspecified atom stereocenters. The van der Waals surface area contributed by atoms with Crippen molar-refractivity contribution in [3.63, 3.8) is 0 Å². The Morgan fingerprint density at radius 2 is 1.43 bits per heavy atom. The number of hydrogen-bond acceptors (Lipinski definition) is 4. The highest BCUT2D eigenvalue weighted by Crippen LogP contribution is 2.43. The number of likely N-dealkylation sites (tertiary alicyclic amines) is 1. The predicted molar refractivity (Wildman–Crippen MR) is 144 cm³/mol. The average Bonchev–Trinajstić information content (AvgIpc) is 2.82. The minimum atomic E-state index is -2.27. The smallest absolute Gasteiger partial charge is 0.258 e. The highest BCUT2D eigenvalue weighted by molar-refractivity contribution is 6.78. The standard InChI is InChI=1S/C29H44FNO3Si/c1-20(2)35(21(3)4,22(5)6)34-27-14-13-24(19-26(27)30)28(32)23(7)31-17-15-29(33,16-18-31)25-11-9-8-10-12-25/h8-14,19-23,28,32-33H,15-18H2,1-7H3/t23-,28+/m1/s1. The van der Waals surface area contributed by atoms with E-state index in [1.807, 2.05) is 37.3 Å². The van der Waals surface area contributed by atoms with Gasteiger partial charge in [-0.3, -0.25) is 4.90 Å². The molecule has 2 N–H and O–H groups in total. The van der Waals surface area contributed by atoms with Crippen molar-refractivity contribution in [1.29, 1.82) is 0 Å². The Labute approximate surface area is 212 Å². The third kappa shape index (κ3) is 5.66. The second-order valence-electron chi connectivity index (χ2n) is 11.2. The second kappa shape index (κ2) is 11.1. The molecular formula is C29H44FNO3Si. The summed E-state index contributed by atoms with van der Waals surface area (Å²) in [6.07, 6.45) is 0.368. The molecule has 0 aromatic heterocycles. The van der Waals surface area contributed by atoms with E-state index in [4.69, 9.17) is 4.43 Å². The van der Waals surface area contributed by atoms with E-state index in [0.717, 1.165) is 5.56 Å². The van der Waals surface area contributed by atoms with Gasteiger partial charge in [-0.1, -0.05) is 77.9 Å². The maximum atomic E-state index is 15.3. The van der Waals surface area contributed by atoms with E-state index >= 15 is 4.39 Å². The summed E-state index contributed by atoms with van der Waals surface area (Å²) in [5, 5.41) is 22.2. The Balaban J connectivity index is 1.71. The number of aliphatic hydroxyl groups is 2. The summed E-state index contributed by atoms with van der Waals surface area (Å²) in [5.41, 5.74) is 1.70. The van der Waals surface area contributed by atoms with E-state index in [2.05, 4.69) is 46.4 Å². The molecule has 1 aliphatic rings. The zero-order valence-corrected chi connectivity index (χ0v) is 23.5. The first kappa shape index (κ1) is 27.8. The quantitative estimate of drug-likeness (QED) is 0.372. The molecule has 35 heavy (non-hydrogen) atoms. The van der Waals surface area contributed by atoms with Gasteiger partial charge in [-0.25, -0.2) is 4.39 Å². The molecule has 0 amide bonds. The van der Waals surface area contributed by atoms with Crippen LogP contribution in [0.15, 0.2) is 48.5 Å². The van der Waals surface area contributed by atoms with Crippen LogP contribution in [0.1, 0.15) is 78.5 Å². The second-order valence-corrected chi connectivity index (χ2v) is 16.6. The number of halogens is 1. The lowest BCUT2D eigenvalue weighted by Crippen LogP contribution is -2.50. The number of rotatable bonds is 9. The monoisotopic (exact) mass is 501 g/mol. The van der Waals surface area contributed by atoms with Crippen molar-refractivity contribution in [2.45, 2.75) is 95.7 Å². The van der Waals surface area contributed by atoms with Crippen LogP contribution < -0.4 is 4.43 Å². The third-order valence-corrected chi connectivity index (χ3v) is 14.2. The van der Waals surface area contributed by atoms with Crippen molar-refractivity contribution in [2.24, 2.45) is 0 Å². The van der Waals surface area contributed by atoms with Crippen molar-refractivity contribution in [2.75, 3.05) is 13.1 Å². The van der Waals surface area contributed by atoms with Crippen LogP contribution in [0.5, 0.6) is 5.75 Å². The summed E-state index contributed by atoms with van der Waals surface area (Å²) >= 11 is 0. The Kier molecular flexibility index (Phi) is 8.85. The van der Waals surface area contributed by atoms with Gasteiger partial charge in [0.05, 0.1) is 11.7 Å². The summed E-state index contributed by atoms with van der Waals surface area (Å²) in [7, 11) is -2.27. The fraction of sp³-hybridized carbons (Fsp3) is 0.586. The molecule has 3 rings (SSSR count). The van der Waals surface area contributed by atoms with Gasteiger partial charge in [0.25, 0.3) is 8.32 Å². The zero-order valence-electron chi connectivity index (χ0n) is 22.5. The molecule has 0 radical (unpaired) electrons. The lowest BCUT2D eigenvalue weighted by molar-refractivity contribution is -0.0502. The summed E-state index contributed by atoms with van der Waals surface area (Å²) in [4.78, 5) is 2.18. The summed E-state index contributed by atoms with van der Waals surface area (Å²) < 4.78 is 21.8. The summed E-state index contributed by atoms with van der Waals surface area (Å²) in [6.45, 7) is 16.4. The molecule has 0 saturated carbocycles. The van der Waals surface area contributed by atoms with Gasteiger partial charge in [0, 0.05) is 19.1 Å². The van der Waals surface area contributed by atoms with Gasteiger partial charge >= 0.3 is 0 Å². The van der Waals surface area contributed by atoms with Crippen LogP contribution in [-0.2, 0) is 5.60 Å². The molecule has 6 heteroatoms. The van der Waals surface area contributed by atoms with E-state index in [-0.39, 0.29) is 6.04 Å². The van der Waals surface area contributed by atoms with Crippen molar-refractivity contribution in [3.05, 3.63) is 65.5 Å². The Bertz CT molecular complexity index is 936. The van der Waals surface area contributed by atoms with Gasteiger partial charge < -0.3 is 14.6 Å². The van der Waals surface area contributed by atoms with Crippen LogP contribution in [-0.4, -0.2) is 42.6 Å². The number of nitrogens with zero attached hydrogens (tertiary/aromatic N) is 1. The molecule has 2 aromatic carbocycles. The van der Waals surface area contributed by atoms with Gasteiger partial charge in [-0.2, -0.15) is 0 Å². The van der Waals surface area contributed by atoms with Crippen molar-refractivity contribution < 1.29 is 19.0 Å². The predicted octanol–water partition coefficient (Wildman–Crippen LogP) is 6.79. The topological polar surface area (TPSA) is 52.9 Å². The van der Waals surface area contributed by atoms with Gasteiger partial charge in [-0.05, 0) is 59.6 Å². The van der Waals surface area contributed by atoms with E-state index < -0.39 is 25.8 Å². The highest BCUT2D eigenvalue weighted by atomic mass is 28.4. The third-order valence-electron chi connectivity index (χ3n) is 8.26. The Hall–Kier alpha value is -1.73. The SMILES string of the molecule is CC(C)[Si](Oc1ccc([C@@H](O)[C@@H](C)N2CCC(O)(c3ccccc3)CC2)cc1F)(C(C)C)C(C)C. The molecule has 2 aromatic rings. The van der Waals surface area contributed by atoms with Crippen LogP contribution in [0.2, 0.25) is 16.6 Å². The van der Waals surface area contributed by atoms with Crippen LogP contribution in [0.4, 0.5) is 4.39 Å². The molecule has 1 heterocycles. The number of aliphatic hydroxyl groups excluding tert-OH is 1. The molecule has 1 fully saturated rings. The van der Waals surface area contributed by atoms with Crippen molar-refractivity contribution in [3.8, 4) is 5.75 Å². The molecule has 0 bridgehead atoms. The van der Waals surface area contributed by atoms with Crippen LogP contribution in [0.25, 0.3) is 0 Å². The normalized spacial score (nSPS) is 18.8. The zero-order chi connectivity index (χ0) is 26.0. The lowest BCUT2D eigenvalue weighted by Gasteiger charge is -2.42. The highest BCUT2D eigenvalue weighted by Gasteiger charge is 2.47. The number of piperidine rings is 1. The molecule has 0 spiro atoms. The number of hydrogen-bond donors (Lipinski definition) is 2. The molecule has 1 saturated heterocycles. The minimum Gasteiger partial charge on any atom is -0.541 e. The fourth-order valence-electron chi connectivity index (χ4n) is 6.14. The first-order valence-electron chi connectivity index (χ1n) is 13.1. The van der Waals surface area contributed by atoms with Gasteiger partial charge in [0.2, 0.25) is 0 Å². The average molecular weight is 502 g/mol. The van der Waals surface area contributed by atoms with Crippen molar-refractivity contribution in [1.82, 2.24) is 4.90 Å². The first-order valence-corrected chi connectivity index (χ1v) is 15.2. The maximum Gasteiger partial charge on any atom is 0.258 e. The van der Waals surface area contributed by atoms with Crippen LogP contribution in [0.3, 0.4) is 0 Å². The van der Waals surface area contributed by atoms with E-state index in [1.165, 1.54) is 6.07 Å². The van der Waals surface area contributed by atoms with E-state index in [1.54, 1.807) is 12.1 Å². The van der Waals surface area contributed by atoms with Crippen molar-refractivity contribution >= 4 is 8.32 Å². The lowest BCUT2D eigenvalue weighted by atomic mass is 9.83. The molecule has 4 nitrogen and oxygen atoms in total. The first-order chi connectivity index (χ1) is 16.4. The Morgan fingerprint density at radius 1 is 0.886 bits per heavy atom. The maximum absolute atomic E-state index is 15.3. The number of benzene rings is 2. The fourth-order valence-corrected chi connectivity index (χ4v) is 11.4. The van der Waals surface area contributed by atoms with Crippen LogP contribution >= 0.6 is 0 Å². The largest absolute Gasteiger partial charge is 0.541 e. The summed E-state index contributed by atoms with van der Waals surface area (Å²) in [6, 6.07) is 14.5. The molecular weight excluding hydrogens is 457 g/mol. The van der Waals surface area contributed by atoms with E-state index in [0.29, 0.717) is 53.9 Å². The molecule has 194 valence electrons. The minimum absolute atomic E-state index is 0.197. The van der Waals surface area contributed by atoms with E-state index in [9.17, 15) is 10.2 Å². The molecule has 1 aliphatic heterocycles. The summed E-state index contributed by atoms with van der Waals surface area (Å²) in [5.74, 6) is -0.119.